The first-order valence-electron chi connectivity index (χ1n) is 5.16. The van der Waals surface area contributed by atoms with Crippen molar-refractivity contribution in [2.75, 3.05) is 12.0 Å². The summed E-state index contributed by atoms with van der Waals surface area (Å²) >= 11 is 1.54. The van der Waals surface area contributed by atoms with E-state index in [9.17, 15) is 9.59 Å². The highest BCUT2D eigenvalue weighted by molar-refractivity contribution is 7.98. The van der Waals surface area contributed by atoms with Crippen molar-refractivity contribution in [1.29, 1.82) is 0 Å². The fourth-order valence-corrected chi connectivity index (χ4v) is 1.45. The average molecular weight is 248 g/mol. The van der Waals surface area contributed by atoms with Crippen molar-refractivity contribution in [2.45, 2.75) is 38.3 Å². The van der Waals surface area contributed by atoms with Crippen molar-refractivity contribution in [3.8, 4) is 0 Å². The number of hydrogen-bond donors (Lipinski definition) is 3. The lowest BCUT2D eigenvalue weighted by Crippen LogP contribution is -2.55. The van der Waals surface area contributed by atoms with Crippen LogP contribution < -0.4 is 11.1 Å². The number of nitrogens with two attached hydrogens (primary N) is 1. The Balaban J connectivity index is 4.40. The van der Waals surface area contributed by atoms with Crippen LogP contribution >= 0.6 is 11.8 Å². The number of carbonyl (C=O) groups excluding carboxylic acids is 1. The Morgan fingerprint density at radius 3 is 2.50 bits per heavy atom. The molecule has 1 amide bonds. The molecule has 16 heavy (non-hydrogen) atoms. The summed E-state index contributed by atoms with van der Waals surface area (Å²) in [6.07, 6.45) is 2.76. The van der Waals surface area contributed by atoms with Crippen molar-refractivity contribution >= 4 is 23.6 Å². The summed E-state index contributed by atoms with van der Waals surface area (Å²) in [6.45, 7) is 3.38. The SMILES string of the molecule is CCC(C)(N)C(=O)NC(CCSC)C(=O)O. The summed E-state index contributed by atoms with van der Waals surface area (Å²) < 4.78 is 0. The Hall–Kier alpha value is -0.750. The molecule has 2 atom stereocenters. The summed E-state index contributed by atoms with van der Waals surface area (Å²) in [7, 11) is 0. The zero-order valence-corrected chi connectivity index (χ0v) is 10.8. The van der Waals surface area contributed by atoms with Gasteiger partial charge in [-0.05, 0) is 31.8 Å². The number of rotatable bonds is 7. The molecule has 0 aromatic carbocycles. The highest BCUT2D eigenvalue weighted by Gasteiger charge is 2.29. The van der Waals surface area contributed by atoms with Crippen LogP contribution in [0.3, 0.4) is 0 Å². The molecular weight excluding hydrogens is 228 g/mol. The molecule has 0 saturated heterocycles. The smallest absolute Gasteiger partial charge is 0.326 e. The molecule has 5 nitrogen and oxygen atoms in total. The van der Waals surface area contributed by atoms with Crippen LogP contribution in [0.2, 0.25) is 0 Å². The lowest BCUT2D eigenvalue weighted by molar-refractivity contribution is -0.142. The van der Waals surface area contributed by atoms with Gasteiger partial charge in [-0.1, -0.05) is 6.92 Å². The lowest BCUT2D eigenvalue weighted by Gasteiger charge is -2.24. The Bertz CT molecular complexity index is 256. The molecule has 2 unspecified atom stereocenters. The molecule has 0 rings (SSSR count). The van der Waals surface area contributed by atoms with Crippen LogP contribution in [0.1, 0.15) is 26.7 Å². The summed E-state index contributed by atoms with van der Waals surface area (Å²) in [5.74, 6) is -0.747. The van der Waals surface area contributed by atoms with Crippen LogP contribution in [-0.4, -0.2) is 40.6 Å². The molecule has 4 N–H and O–H groups in total. The molecular formula is C10H20N2O3S. The minimum atomic E-state index is -1.02. The van der Waals surface area contributed by atoms with Gasteiger partial charge in [-0.15, -0.1) is 0 Å². The summed E-state index contributed by atoms with van der Waals surface area (Å²) in [5, 5.41) is 11.4. The van der Waals surface area contributed by atoms with E-state index in [4.69, 9.17) is 10.8 Å². The number of carbonyl (C=O) groups is 2. The second-order valence-corrected chi connectivity index (χ2v) is 4.90. The lowest BCUT2D eigenvalue weighted by atomic mass is 9.99. The van der Waals surface area contributed by atoms with E-state index >= 15 is 0 Å². The maximum Gasteiger partial charge on any atom is 0.326 e. The van der Waals surface area contributed by atoms with E-state index < -0.39 is 23.5 Å². The molecule has 0 radical (unpaired) electrons. The molecule has 0 aliphatic rings. The first-order valence-corrected chi connectivity index (χ1v) is 6.56. The van der Waals surface area contributed by atoms with Gasteiger partial charge in [0.25, 0.3) is 0 Å². The molecule has 0 aromatic heterocycles. The minimum absolute atomic E-state index is 0.405. The third-order valence-electron chi connectivity index (χ3n) is 2.47. The van der Waals surface area contributed by atoms with E-state index in [0.717, 1.165) is 0 Å². The third kappa shape index (κ3) is 4.85. The first-order chi connectivity index (χ1) is 7.35. The van der Waals surface area contributed by atoms with Gasteiger partial charge < -0.3 is 16.2 Å². The van der Waals surface area contributed by atoms with Gasteiger partial charge in [0.1, 0.15) is 6.04 Å². The predicted molar refractivity (Wildman–Crippen MR) is 65.4 cm³/mol. The average Bonchev–Trinajstić information content (AvgIpc) is 2.23. The number of amides is 1. The fraction of sp³-hybridized carbons (Fsp3) is 0.800. The molecule has 6 heteroatoms. The van der Waals surface area contributed by atoms with Crippen LogP contribution in [0.25, 0.3) is 0 Å². The molecule has 94 valence electrons. The molecule has 0 saturated carbocycles. The largest absolute Gasteiger partial charge is 0.480 e. The first kappa shape index (κ1) is 15.2. The zero-order chi connectivity index (χ0) is 12.8. The van der Waals surface area contributed by atoms with Crippen molar-refractivity contribution in [3.63, 3.8) is 0 Å². The predicted octanol–water partition coefficient (Wildman–Crippen LogP) is 0.436. The topological polar surface area (TPSA) is 92.4 Å². The van der Waals surface area contributed by atoms with Crippen molar-refractivity contribution in [3.05, 3.63) is 0 Å². The highest BCUT2D eigenvalue weighted by Crippen LogP contribution is 2.07. The molecule has 0 spiro atoms. The van der Waals surface area contributed by atoms with E-state index in [-0.39, 0.29) is 0 Å². The fourth-order valence-electron chi connectivity index (χ4n) is 0.977. The third-order valence-corrected chi connectivity index (χ3v) is 3.11. The number of aliphatic carboxylic acids is 1. The maximum absolute atomic E-state index is 11.7. The van der Waals surface area contributed by atoms with Crippen LogP contribution in [0.5, 0.6) is 0 Å². The van der Waals surface area contributed by atoms with Crippen molar-refractivity contribution in [2.24, 2.45) is 5.73 Å². The monoisotopic (exact) mass is 248 g/mol. The molecule has 0 bridgehead atoms. The maximum atomic E-state index is 11.7. The summed E-state index contributed by atoms with van der Waals surface area (Å²) in [6, 6.07) is -0.852. The van der Waals surface area contributed by atoms with Crippen LogP contribution in [0, 0.1) is 0 Å². The Labute approximate surface area is 100 Å². The minimum Gasteiger partial charge on any atom is -0.480 e. The number of carboxylic acids is 1. The van der Waals surface area contributed by atoms with E-state index in [1.807, 2.05) is 6.26 Å². The Morgan fingerprint density at radius 1 is 1.56 bits per heavy atom. The van der Waals surface area contributed by atoms with Crippen molar-refractivity contribution < 1.29 is 14.7 Å². The van der Waals surface area contributed by atoms with Gasteiger partial charge in [-0.2, -0.15) is 11.8 Å². The normalized spacial score (nSPS) is 16.2. The molecule has 0 aromatic rings. The summed E-state index contributed by atoms with van der Waals surface area (Å²) in [4.78, 5) is 22.6. The van der Waals surface area contributed by atoms with Crippen molar-refractivity contribution in [1.82, 2.24) is 5.32 Å². The second kappa shape index (κ2) is 6.75. The summed E-state index contributed by atoms with van der Waals surface area (Å²) in [5.41, 5.74) is 4.72. The number of nitrogens with one attached hydrogen (secondary N) is 1. The van der Waals surface area contributed by atoms with Crippen LogP contribution in [0.15, 0.2) is 0 Å². The molecule has 0 aliphatic heterocycles. The number of thioether (sulfide) groups is 1. The van der Waals surface area contributed by atoms with Gasteiger partial charge in [0, 0.05) is 0 Å². The van der Waals surface area contributed by atoms with E-state index in [2.05, 4.69) is 5.32 Å². The Morgan fingerprint density at radius 2 is 2.12 bits per heavy atom. The van der Waals surface area contributed by atoms with E-state index in [1.54, 1.807) is 25.6 Å². The van der Waals surface area contributed by atoms with Gasteiger partial charge in [-0.25, -0.2) is 4.79 Å². The molecule has 0 fully saturated rings. The standard InChI is InChI=1S/C10H20N2O3S/c1-4-10(2,11)9(15)12-7(8(13)14)5-6-16-3/h7H,4-6,11H2,1-3H3,(H,12,15)(H,13,14). The molecule has 0 heterocycles. The second-order valence-electron chi connectivity index (χ2n) is 3.92. The quantitative estimate of drug-likeness (QED) is 0.608. The highest BCUT2D eigenvalue weighted by atomic mass is 32.2. The van der Waals surface area contributed by atoms with Crippen LogP contribution in [0.4, 0.5) is 0 Å². The van der Waals surface area contributed by atoms with Gasteiger partial charge >= 0.3 is 5.97 Å². The van der Waals surface area contributed by atoms with Gasteiger partial charge in [0.2, 0.25) is 5.91 Å². The molecule has 0 aliphatic carbocycles. The number of hydrogen-bond acceptors (Lipinski definition) is 4. The Kier molecular flexibility index (Phi) is 6.43. The van der Waals surface area contributed by atoms with E-state index in [0.29, 0.717) is 18.6 Å². The van der Waals surface area contributed by atoms with Gasteiger partial charge in [0.15, 0.2) is 0 Å². The van der Waals surface area contributed by atoms with Gasteiger partial charge in [0.05, 0.1) is 5.54 Å². The zero-order valence-electron chi connectivity index (χ0n) is 9.95. The van der Waals surface area contributed by atoms with Gasteiger partial charge in [-0.3, -0.25) is 4.79 Å². The van der Waals surface area contributed by atoms with E-state index in [1.165, 1.54) is 0 Å². The van der Waals surface area contributed by atoms with Crippen LogP contribution in [-0.2, 0) is 9.59 Å². The number of carboxylic acid groups (broad SMARTS) is 1.